The van der Waals surface area contributed by atoms with Gasteiger partial charge in [0, 0.05) is 72.2 Å². The molecule has 0 saturated heterocycles. The van der Waals surface area contributed by atoms with Gasteiger partial charge < -0.3 is 29.3 Å². The van der Waals surface area contributed by atoms with E-state index in [4.69, 9.17) is 13.1 Å². The average molecular weight is 2110 g/mol. The summed E-state index contributed by atoms with van der Waals surface area (Å²) in [5.41, 5.74) is 18.2. The van der Waals surface area contributed by atoms with Crippen LogP contribution in [0, 0.1) is 44.4 Å². The minimum atomic E-state index is -4.23. The maximum atomic E-state index is 15.0. The first kappa shape index (κ1) is 108. The van der Waals surface area contributed by atoms with Gasteiger partial charge in [0.25, 0.3) is 51.7 Å². The average Bonchev–Trinajstić information content (AvgIpc) is 1.61. The number of rotatable bonds is 33. The number of carbonyl (C=O) groups is 4. The highest BCUT2D eigenvalue weighted by Gasteiger charge is 2.40. The Hall–Kier alpha value is -13.4. The molecule has 0 spiro atoms. The molecule has 19 rings (SSSR count). The summed E-state index contributed by atoms with van der Waals surface area (Å²) in [4.78, 5) is 83.9. The predicted molar refractivity (Wildman–Crippen MR) is 557 cm³/mol. The number of fused-ring (bicyclic) bond motifs is 3. The van der Waals surface area contributed by atoms with Crippen molar-refractivity contribution in [2.24, 2.45) is 0 Å². The van der Waals surface area contributed by atoms with Crippen molar-refractivity contribution in [3.8, 4) is 44.5 Å². The first-order valence-electron chi connectivity index (χ1n) is 50.1. The summed E-state index contributed by atoms with van der Waals surface area (Å²) in [6, 6.07) is 30.3. The lowest BCUT2D eigenvalue weighted by molar-refractivity contribution is -0.119. The second kappa shape index (κ2) is 44.4. The zero-order valence-corrected chi connectivity index (χ0v) is 89.7. The number of hydrogen-bond donors (Lipinski definition) is 4. The Morgan fingerprint density at radius 1 is 0.362 bits per heavy atom. The SMILES string of the molecule is Cc1cc(-c2cc(F)c3c(c2CC(=O)NS(=O)(=O)c2cc(C(C)N(C)C)n(C4CC4)n2)CCC3)ccn1.Cc1cc(-c2cc(F)cc(C(C)C)c2CC(=O)NS(=O)(=O)c2cc(C(C)N(C)C)n(C3CC3)n2)ccn1.[C-]#[N+]c1cc(-c2cc(F)c3c(c2CC(=O)NS(=O)(=O)c2cc(C(C)N(C)C)n(C4CC4)n2)CCC3)ccn1.[C-]#[N+]c1cc(-c2ccc3c(c2CC(=O)NS(=O)(=O)c2cc(C(C)N(C)C)n(C4CC4)n2)CCC3)ccn1. The molecule has 4 N–H and O–H groups in total. The first-order valence-corrected chi connectivity index (χ1v) is 56.0. The molecule has 0 aliphatic heterocycles. The van der Waals surface area contributed by atoms with E-state index in [0.29, 0.717) is 86.9 Å². The molecule has 0 bridgehead atoms. The highest BCUT2D eigenvalue weighted by molar-refractivity contribution is 7.90. The van der Waals surface area contributed by atoms with Crippen molar-refractivity contribution < 1.29 is 66.0 Å². The van der Waals surface area contributed by atoms with Crippen LogP contribution in [-0.2, 0) is 123 Å². The van der Waals surface area contributed by atoms with Gasteiger partial charge in [-0.2, -0.15) is 54.1 Å². The maximum absolute atomic E-state index is 15.0. The Balaban J connectivity index is 0.000000142. The smallest absolute Gasteiger partial charge is 0.283 e. The molecule has 4 atom stereocenters. The van der Waals surface area contributed by atoms with Gasteiger partial charge in [-0.15, -0.1) is 9.97 Å². The molecule has 8 aromatic heterocycles. The Labute approximate surface area is 868 Å². The van der Waals surface area contributed by atoms with Crippen LogP contribution < -0.4 is 18.9 Å². The number of benzene rings is 4. The molecule has 149 heavy (non-hydrogen) atoms. The van der Waals surface area contributed by atoms with Gasteiger partial charge in [-0.1, -0.05) is 39.1 Å². The standard InChI is InChI=1S/C27H29FN6O3S.C27H32FN5O3S.C27H34FN5O3S.C27H30N6O3S/c1-16(33(3)4)24-15-27(31-34(24)18-8-9-18)38(36,37)32-26(35)14-22-19-6-5-7-20(19)23(28)13-21(22)17-10-11-30-25(12-17)29-2;1-16-12-18(10-11-29-16)22-13-24(28)21-7-5-6-20(21)23(22)14-26(34)31-37(35,36)27-15-25(17(2)32(3)4)33(30-27)19-8-9-19;1-16(2)22-12-20(28)13-23(19-9-10-29-17(3)11-19)24(22)14-26(34)31-37(35,36)27-15-25(18(4)32(5)6)33(30-27)21-7-8-21;1-17(32(3)4)24-16-27(30-33(24)20-9-10-20)37(35,36)31-26(34)15-23-21-7-5-6-18(21)8-11-22(23)19-12-13-29-25(14-19)28-2/h10-13,15-16,18H,5-9,14H2,1,3-4H3,(H,32,35);10-13,15,17,19H,5-9,14H2,1-4H3,(H,31,34);9-13,15-16,18,21H,7-8,14H2,1-6H3,(H,31,34);8,11-14,16-17,20H,5-7,9-10,15H2,1,3-4H3,(H,31,34). The van der Waals surface area contributed by atoms with Crippen molar-refractivity contribution in [2.75, 3.05) is 56.4 Å². The topological polar surface area (TPSA) is 397 Å². The van der Waals surface area contributed by atoms with E-state index in [1.165, 1.54) is 42.1 Å². The fourth-order valence-corrected chi connectivity index (χ4v) is 23.3. The number of aryl methyl sites for hydroxylation is 3. The van der Waals surface area contributed by atoms with Crippen LogP contribution >= 0.6 is 0 Å². The van der Waals surface area contributed by atoms with Gasteiger partial charge in [0.05, 0.1) is 72.6 Å². The molecule has 0 radical (unpaired) electrons. The summed E-state index contributed by atoms with van der Waals surface area (Å²) in [6.07, 6.45) is 19.9. The lowest BCUT2D eigenvalue weighted by atomic mass is 9.88. The van der Waals surface area contributed by atoms with Gasteiger partial charge in [0.1, 0.15) is 29.8 Å². The highest BCUT2D eigenvalue weighted by Crippen LogP contribution is 2.46. The molecule has 4 saturated carbocycles. The Morgan fingerprint density at radius 3 is 0.966 bits per heavy atom. The van der Waals surface area contributed by atoms with Crippen molar-refractivity contribution in [1.82, 2.24) is 97.5 Å². The third kappa shape index (κ3) is 24.7. The number of nitrogens with zero attached hydrogens (tertiary/aromatic N) is 18. The summed E-state index contributed by atoms with van der Waals surface area (Å²) >= 11 is 0. The number of carbonyl (C=O) groups excluding carboxylic acids is 4. The molecule has 4 amide bonds. The van der Waals surface area contributed by atoms with Crippen LogP contribution in [0.1, 0.15) is 262 Å². The largest absolute Gasteiger partial charge is 0.361 e. The van der Waals surface area contributed by atoms with Crippen LogP contribution in [0.4, 0.5) is 24.8 Å². The molecule has 7 aliphatic carbocycles. The van der Waals surface area contributed by atoms with Gasteiger partial charge >= 0.3 is 0 Å². The molecule has 8 heterocycles. The summed E-state index contributed by atoms with van der Waals surface area (Å²) in [5.74, 6) is -3.45. The zero-order valence-electron chi connectivity index (χ0n) is 86.5. The van der Waals surface area contributed by atoms with E-state index < -0.39 is 69.5 Å². The number of amides is 4. The highest BCUT2D eigenvalue weighted by atomic mass is 32.2. The van der Waals surface area contributed by atoms with Crippen molar-refractivity contribution in [2.45, 2.75) is 265 Å². The second-order valence-electron chi connectivity index (χ2n) is 40.8. The molecule has 4 aromatic carbocycles. The van der Waals surface area contributed by atoms with Crippen LogP contribution in [0.15, 0.2) is 154 Å². The number of nitrogens with one attached hydrogen (secondary N) is 4. The van der Waals surface area contributed by atoms with Gasteiger partial charge in [0.15, 0.2) is 20.1 Å². The van der Waals surface area contributed by atoms with E-state index in [-0.39, 0.29) is 123 Å². The van der Waals surface area contributed by atoms with Gasteiger partial charge in [-0.3, -0.25) is 47.9 Å². The van der Waals surface area contributed by atoms with Crippen molar-refractivity contribution in [3.05, 3.63) is 270 Å². The van der Waals surface area contributed by atoms with Crippen LogP contribution in [0.25, 0.3) is 54.2 Å². The van der Waals surface area contributed by atoms with Crippen molar-refractivity contribution in [1.29, 1.82) is 0 Å². The van der Waals surface area contributed by atoms with E-state index in [9.17, 15) is 66.0 Å². The van der Waals surface area contributed by atoms with Crippen molar-refractivity contribution in [3.63, 3.8) is 0 Å². The summed E-state index contributed by atoms with van der Waals surface area (Å²) in [6.45, 7) is 30.0. The molecule has 34 nitrogen and oxygen atoms in total. The van der Waals surface area contributed by atoms with Gasteiger partial charge in [0.2, 0.25) is 23.6 Å². The maximum Gasteiger partial charge on any atom is 0.283 e. The Morgan fingerprint density at radius 2 is 0.651 bits per heavy atom. The number of pyridine rings is 4. The first-order chi connectivity index (χ1) is 70.7. The van der Waals surface area contributed by atoms with E-state index in [2.05, 4.69) is 75.0 Å². The molecule has 784 valence electrons. The number of hydrogen-bond acceptors (Lipinski definition) is 24. The number of halogens is 3. The molecular formula is C108H125F3N22O12S4. The Bertz CT molecular complexity index is 7800. The van der Waals surface area contributed by atoms with Crippen molar-refractivity contribution >= 4 is 75.4 Å². The molecular weight excluding hydrogens is 1980 g/mol. The summed E-state index contributed by atoms with van der Waals surface area (Å²) in [5, 5.41) is 16.9. The van der Waals surface area contributed by atoms with E-state index in [0.717, 1.165) is 157 Å². The quantitative estimate of drug-likeness (QED) is 0.0278. The van der Waals surface area contributed by atoms with E-state index in [1.807, 2.05) is 156 Å². The van der Waals surface area contributed by atoms with Crippen LogP contribution in [0.3, 0.4) is 0 Å². The van der Waals surface area contributed by atoms with Gasteiger partial charge in [-0.25, -0.2) is 32.1 Å². The number of sulfonamides is 4. The Kier molecular flexibility index (Phi) is 32.3. The fourth-order valence-electron chi connectivity index (χ4n) is 19.5. The predicted octanol–water partition coefficient (Wildman–Crippen LogP) is 16.5. The van der Waals surface area contributed by atoms with Crippen LogP contribution in [0.5, 0.6) is 0 Å². The monoisotopic (exact) mass is 2110 g/mol. The minimum Gasteiger partial charge on any atom is -0.361 e. The zero-order chi connectivity index (χ0) is 107. The lowest BCUT2D eigenvalue weighted by Gasteiger charge is -2.20. The lowest BCUT2D eigenvalue weighted by Crippen LogP contribution is -2.32. The third-order valence-corrected chi connectivity index (χ3v) is 33.7. The fraction of sp³-hybridized carbons (Fsp3) is 0.426. The second-order valence-corrected chi connectivity index (χ2v) is 47.3. The normalized spacial score (nSPS) is 15.7. The summed E-state index contributed by atoms with van der Waals surface area (Å²) in [7, 11) is -1.39. The van der Waals surface area contributed by atoms with Crippen LogP contribution in [0.2, 0.25) is 0 Å². The molecule has 4 unspecified atom stereocenters. The van der Waals surface area contributed by atoms with E-state index in [1.54, 1.807) is 85.8 Å². The minimum absolute atomic E-state index is 0.0251. The summed E-state index contributed by atoms with van der Waals surface area (Å²) < 4.78 is 166. The van der Waals surface area contributed by atoms with E-state index >= 15 is 0 Å². The molecule has 12 aromatic rings. The molecule has 41 heteroatoms. The van der Waals surface area contributed by atoms with Crippen LogP contribution in [-0.4, -0.2) is 192 Å². The molecule has 4 fully saturated rings. The van der Waals surface area contributed by atoms with Gasteiger partial charge in [-0.05, 0) is 391 Å². The molecule has 7 aliphatic rings. The third-order valence-electron chi connectivity index (χ3n) is 28.8. The number of aromatic nitrogens is 12.